The maximum atomic E-state index is 5.53. The van der Waals surface area contributed by atoms with Gasteiger partial charge in [-0.1, -0.05) is 36.4 Å². The van der Waals surface area contributed by atoms with E-state index in [1.165, 1.54) is 11.1 Å². The number of methoxy groups -OCH3 is 1. The molecular weight excluding hydrogens is 444 g/mol. The molecule has 2 aliphatic rings. The van der Waals surface area contributed by atoms with Crippen LogP contribution in [0.3, 0.4) is 0 Å². The minimum Gasteiger partial charge on any atom is -1.00 e. The van der Waals surface area contributed by atoms with Crippen LogP contribution in [-0.2, 0) is 17.8 Å². The molecule has 1 aromatic heterocycles. The summed E-state index contributed by atoms with van der Waals surface area (Å²) in [6, 6.07) is 16.7. The van der Waals surface area contributed by atoms with Gasteiger partial charge in [0.2, 0.25) is 6.79 Å². The van der Waals surface area contributed by atoms with Crippen LogP contribution in [0.4, 0.5) is 0 Å². The summed E-state index contributed by atoms with van der Waals surface area (Å²) in [6.45, 7) is 6.21. The molecule has 0 bridgehead atoms. The average molecular weight is 472 g/mol. The number of benzene rings is 2. The van der Waals surface area contributed by atoms with Gasteiger partial charge in [0.05, 0.1) is 19.2 Å². The van der Waals surface area contributed by atoms with Crippen LogP contribution in [0.2, 0.25) is 0 Å². The minimum absolute atomic E-state index is 0. The molecule has 0 radical (unpaired) electrons. The first-order chi connectivity index (χ1) is 15.8. The van der Waals surface area contributed by atoms with Gasteiger partial charge in [-0.2, -0.15) is 0 Å². The van der Waals surface area contributed by atoms with Gasteiger partial charge in [0.15, 0.2) is 17.3 Å². The van der Waals surface area contributed by atoms with Crippen LogP contribution in [0.1, 0.15) is 23.0 Å². The average Bonchev–Trinajstić information content (AvgIpc) is 3.49. The van der Waals surface area contributed by atoms with Crippen LogP contribution in [0.5, 0.6) is 11.5 Å². The maximum Gasteiger partial charge on any atom is 0.231 e. The van der Waals surface area contributed by atoms with Gasteiger partial charge in [-0.15, -0.1) is 5.10 Å². The lowest BCUT2D eigenvalue weighted by atomic mass is 10.0. The maximum absolute atomic E-state index is 5.53. The smallest absolute Gasteiger partial charge is 0.231 e. The first-order valence-corrected chi connectivity index (χ1v) is 11.0. The molecule has 0 amide bonds. The summed E-state index contributed by atoms with van der Waals surface area (Å²) < 4.78 is 18.1. The van der Waals surface area contributed by atoms with Crippen LogP contribution < -0.4 is 21.9 Å². The first kappa shape index (κ1) is 23.4. The summed E-state index contributed by atoms with van der Waals surface area (Å²) in [5, 5.41) is 12.6. The Morgan fingerprint density at radius 3 is 2.58 bits per heavy atom. The third-order valence-electron chi connectivity index (χ3n) is 6.04. The zero-order chi connectivity index (χ0) is 21.8. The quantitative estimate of drug-likeness (QED) is 0.412. The first-order valence-electron chi connectivity index (χ1n) is 11.0. The Morgan fingerprint density at radius 1 is 1.00 bits per heavy atom. The van der Waals surface area contributed by atoms with Crippen LogP contribution >= 0.6 is 0 Å². The third-order valence-corrected chi connectivity index (χ3v) is 6.04. The van der Waals surface area contributed by atoms with Crippen molar-refractivity contribution in [2.24, 2.45) is 0 Å². The van der Waals surface area contributed by atoms with Gasteiger partial charge >= 0.3 is 0 Å². The number of fused-ring (bicyclic) bond motifs is 1. The highest BCUT2D eigenvalue weighted by Crippen LogP contribution is 2.33. The van der Waals surface area contributed by atoms with Crippen molar-refractivity contribution >= 4 is 0 Å². The van der Waals surface area contributed by atoms with Gasteiger partial charge in [-0.05, 0) is 33.7 Å². The molecule has 0 spiro atoms. The van der Waals surface area contributed by atoms with Crippen molar-refractivity contribution in [3.05, 3.63) is 65.5 Å². The Morgan fingerprint density at radius 2 is 1.79 bits per heavy atom. The summed E-state index contributed by atoms with van der Waals surface area (Å²) in [5.41, 5.74) is 2.44. The van der Waals surface area contributed by atoms with E-state index in [2.05, 4.69) is 61.7 Å². The lowest BCUT2D eigenvalue weighted by molar-refractivity contribution is -0.00000860. The molecular formula is C23H28ClN6O3-. The molecule has 1 saturated heterocycles. The minimum atomic E-state index is 0. The Bertz CT molecular complexity index is 1030. The Balaban J connectivity index is 0.00000259. The third kappa shape index (κ3) is 5.27. The molecule has 1 fully saturated rings. The van der Waals surface area contributed by atoms with E-state index in [0.29, 0.717) is 19.9 Å². The zero-order valence-electron chi connectivity index (χ0n) is 18.6. The highest BCUT2D eigenvalue weighted by Gasteiger charge is 2.30. The van der Waals surface area contributed by atoms with Gasteiger partial charge in [-0.3, -0.25) is 9.80 Å². The molecule has 1 atom stereocenters. The molecule has 0 aliphatic carbocycles. The Hall–Kier alpha value is -2.72. The second-order valence-corrected chi connectivity index (χ2v) is 8.07. The summed E-state index contributed by atoms with van der Waals surface area (Å²) in [7, 11) is 1.69. The summed E-state index contributed by atoms with van der Waals surface area (Å²) in [5.74, 6) is 2.53. The van der Waals surface area contributed by atoms with Crippen LogP contribution in [0.25, 0.3) is 0 Å². The van der Waals surface area contributed by atoms with E-state index in [9.17, 15) is 0 Å². The van der Waals surface area contributed by atoms with Crippen molar-refractivity contribution in [2.75, 3.05) is 46.7 Å². The van der Waals surface area contributed by atoms with E-state index >= 15 is 0 Å². The van der Waals surface area contributed by atoms with E-state index in [1.54, 1.807) is 7.11 Å². The van der Waals surface area contributed by atoms with Crippen molar-refractivity contribution in [3.8, 4) is 11.5 Å². The number of hydrogen-bond acceptors (Lipinski definition) is 8. The van der Waals surface area contributed by atoms with Crippen LogP contribution in [0, 0.1) is 0 Å². The van der Waals surface area contributed by atoms with Gasteiger partial charge in [0.25, 0.3) is 0 Å². The van der Waals surface area contributed by atoms with Crippen molar-refractivity contribution in [2.45, 2.75) is 19.1 Å². The molecule has 10 heteroatoms. The van der Waals surface area contributed by atoms with E-state index < -0.39 is 0 Å². The van der Waals surface area contributed by atoms with Crippen molar-refractivity contribution in [1.29, 1.82) is 0 Å². The number of piperazine rings is 1. The van der Waals surface area contributed by atoms with E-state index in [1.807, 2.05) is 16.8 Å². The van der Waals surface area contributed by atoms with Gasteiger partial charge in [-0.25, -0.2) is 4.68 Å². The fourth-order valence-electron chi connectivity index (χ4n) is 4.38. The molecule has 0 N–H and O–H groups in total. The summed E-state index contributed by atoms with van der Waals surface area (Å²) >= 11 is 0. The van der Waals surface area contributed by atoms with Gasteiger partial charge in [0.1, 0.15) is 0 Å². The second kappa shape index (κ2) is 10.9. The Kier molecular flexibility index (Phi) is 7.77. The molecule has 33 heavy (non-hydrogen) atoms. The van der Waals surface area contributed by atoms with Gasteiger partial charge in [0, 0.05) is 39.8 Å². The standard InChI is InChI=1S/C23H28N6O3.ClH/c1-30-14-13-29-23(24-25-26-29)22(19-5-3-2-4-6-19)28-11-9-27(10-12-28)16-18-7-8-20-21(15-18)32-17-31-20;/h2-8,15,22H,9-14,16-17H2,1H3;1H/p-1. The number of hydrogen-bond donors (Lipinski definition) is 0. The topological polar surface area (TPSA) is 77.8 Å². The lowest BCUT2D eigenvalue weighted by Gasteiger charge is -2.39. The fraction of sp³-hybridized carbons (Fsp3) is 0.435. The Labute approximate surface area is 199 Å². The van der Waals surface area contributed by atoms with Gasteiger partial charge < -0.3 is 26.6 Å². The van der Waals surface area contributed by atoms with Crippen LogP contribution in [-0.4, -0.2) is 76.7 Å². The summed E-state index contributed by atoms with van der Waals surface area (Å²) in [4.78, 5) is 4.95. The molecule has 5 rings (SSSR count). The molecule has 3 aromatic rings. The number of ether oxygens (including phenoxy) is 3. The number of nitrogens with zero attached hydrogens (tertiary/aromatic N) is 6. The van der Waals surface area contributed by atoms with Crippen molar-refractivity contribution in [3.63, 3.8) is 0 Å². The molecule has 1 unspecified atom stereocenters. The normalized spacial score (nSPS) is 17.0. The summed E-state index contributed by atoms with van der Waals surface area (Å²) in [6.07, 6.45) is 0. The molecule has 9 nitrogen and oxygen atoms in total. The molecule has 176 valence electrons. The largest absolute Gasteiger partial charge is 1.00 e. The van der Waals surface area contributed by atoms with E-state index in [0.717, 1.165) is 50.0 Å². The molecule has 2 aliphatic heterocycles. The molecule has 2 aromatic carbocycles. The predicted molar refractivity (Wildman–Crippen MR) is 117 cm³/mol. The second-order valence-electron chi connectivity index (χ2n) is 8.07. The van der Waals surface area contributed by atoms with E-state index in [4.69, 9.17) is 14.2 Å². The molecule has 0 saturated carbocycles. The number of aromatic nitrogens is 4. The SMILES string of the molecule is COCCn1nnnc1C(c1ccccc1)N1CCN(Cc2ccc3c(c2)OCO3)CC1.[Cl-]. The van der Waals surface area contributed by atoms with E-state index in [-0.39, 0.29) is 18.4 Å². The number of rotatable bonds is 8. The zero-order valence-corrected chi connectivity index (χ0v) is 19.4. The molecule has 3 heterocycles. The van der Waals surface area contributed by atoms with Crippen molar-refractivity contribution in [1.82, 2.24) is 30.0 Å². The predicted octanol–water partition coefficient (Wildman–Crippen LogP) is -1.04. The highest BCUT2D eigenvalue weighted by atomic mass is 35.5. The lowest BCUT2D eigenvalue weighted by Crippen LogP contribution is -3.00. The highest BCUT2D eigenvalue weighted by molar-refractivity contribution is 5.44. The van der Waals surface area contributed by atoms with Crippen molar-refractivity contribution < 1.29 is 26.6 Å². The number of halogens is 1. The van der Waals surface area contributed by atoms with Crippen LogP contribution in [0.15, 0.2) is 48.5 Å². The fourth-order valence-corrected chi connectivity index (χ4v) is 4.38. The monoisotopic (exact) mass is 471 g/mol. The number of tetrazole rings is 1.